The molecule has 8 nitrogen and oxygen atoms in total. The molecule has 0 saturated heterocycles. The van der Waals surface area contributed by atoms with E-state index in [2.05, 4.69) is 0 Å². The Morgan fingerprint density at radius 2 is 1.21 bits per heavy atom. The molecule has 0 bridgehead atoms. The number of fused-ring (bicyclic) bond motifs is 1. The summed E-state index contributed by atoms with van der Waals surface area (Å²) in [6.07, 6.45) is 0.444. The summed E-state index contributed by atoms with van der Waals surface area (Å²) >= 11 is 5.91. The van der Waals surface area contributed by atoms with Crippen molar-refractivity contribution in [1.82, 2.24) is 0 Å². The lowest BCUT2D eigenvalue weighted by Crippen LogP contribution is -1.99. The molecule has 2 aromatic rings. The number of carboxylic acid groups (broad SMARTS) is 2. The van der Waals surface area contributed by atoms with Crippen molar-refractivity contribution in [3.05, 3.63) is 23.2 Å². The molecule has 0 spiro atoms. The molecule has 4 N–H and O–H groups in total. The first-order valence-corrected chi connectivity index (χ1v) is 9.38. The highest BCUT2D eigenvalue weighted by molar-refractivity contribution is 6.31. The van der Waals surface area contributed by atoms with Gasteiger partial charge < -0.3 is 29.9 Å². The number of carboxylic acids is 2. The van der Waals surface area contributed by atoms with Gasteiger partial charge in [0.05, 0.1) is 13.2 Å². The molecule has 0 atom stereocenters. The van der Waals surface area contributed by atoms with Crippen molar-refractivity contribution in [1.29, 1.82) is 0 Å². The summed E-state index contributed by atoms with van der Waals surface area (Å²) in [6, 6.07) is 4.84. The Morgan fingerprint density at radius 1 is 0.828 bits per heavy atom. The Morgan fingerprint density at radius 3 is 1.55 bits per heavy atom. The van der Waals surface area contributed by atoms with E-state index < -0.39 is 11.9 Å². The molecule has 0 radical (unpaired) electrons. The molecule has 0 saturated carbocycles. The van der Waals surface area contributed by atoms with Crippen LogP contribution in [0.15, 0.2) is 18.2 Å². The standard InChI is InChI=1S/C14H15ClO4.2C3H6O2/c1-3-18-13-11(16)9-6-5-8(15)7-10(9)12(17)14(13)19-4-2;2*1-2-3(4)5/h5-7,16-17H,3-4H2,1-2H3;2*2H2,1H3,(H,4,5). The Kier molecular flexibility index (Phi) is 12.0. The van der Waals surface area contributed by atoms with Crippen LogP contribution in [0.3, 0.4) is 0 Å². The van der Waals surface area contributed by atoms with Crippen LogP contribution in [0.4, 0.5) is 0 Å². The van der Waals surface area contributed by atoms with Crippen LogP contribution in [0, 0.1) is 0 Å². The molecule has 0 aliphatic heterocycles. The maximum Gasteiger partial charge on any atom is 0.303 e. The highest BCUT2D eigenvalue weighted by Gasteiger charge is 2.21. The van der Waals surface area contributed by atoms with E-state index in [0.717, 1.165) is 0 Å². The molecule has 9 heteroatoms. The molecule has 2 rings (SSSR count). The summed E-state index contributed by atoms with van der Waals surface area (Å²) in [5.74, 6) is -1.35. The Balaban J connectivity index is 0.000000653. The number of benzene rings is 2. The largest absolute Gasteiger partial charge is 0.504 e. The topological polar surface area (TPSA) is 134 Å². The van der Waals surface area contributed by atoms with E-state index in [4.69, 9.17) is 31.3 Å². The maximum absolute atomic E-state index is 10.3. The predicted octanol–water partition coefficient (Wildman–Crippen LogP) is 4.66. The van der Waals surface area contributed by atoms with Gasteiger partial charge in [0, 0.05) is 28.6 Å². The molecule has 0 aromatic heterocycles. The molecule has 0 aliphatic carbocycles. The maximum atomic E-state index is 10.3. The lowest BCUT2D eigenvalue weighted by Gasteiger charge is -2.16. The average Bonchev–Trinajstić information content (AvgIpc) is 2.69. The number of aliphatic carboxylic acids is 2. The van der Waals surface area contributed by atoms with E-state index in [0.29, 0.717) is 29.0 Å². The summed E-state index contributed by atoms with van der Waals surface area (Å²) in [7, 11) is 0. The molecular formula is C20H27ClO8. The normalized spacial score (nSPS) is 9.55. The molecule has 0 aliphatic rings. The zero-order valence-corrected chi connectivity index (χ0v) is 17.6. The molecule has 162 valence electrons. The van der Waals surface area contributed by atoms with Crippen LogP contribution in [-0.2, 0) is 9.59 Å². The Hall–Kier alpha value is -2.87. The van der Waals surface area contributed by atoms with E-state index in [1.807, 2.05) is 0 Å². The molecule has 2 aromatic carbocycles. The molecule has 29 heavy (non-hydrogen) atoms. The van der Waals surface area contributed by atoms with Crippen molar-refractivity contribution in [3.8, 4) is 23.0 Å². The minimum absolute atomic E-state index is 0.0604. The van der Waals surface area contributed by atoms with Gasteiger partial charge in [-0.15, -0.1) is 0 Å². The third-order valence-corrected chi connectivity index (χ3v) is 3.55. The fourth-order valence-electron chi connectivity index (χ4n) is 1.94. The summed E-state index contributed by atoms with van der Waals surface area (Å²) < 4.78 is 10.7. The molecule has 0 fully saturated rings. The highest BCUT2D eigenvalue weighted by atomic mass is 35.5. The minimum Gasteiger partial charge on any atom is -0.504 e. The molecule has 0 heterocycles. The molecule has 0 amide bonds. The van der Waals surface area contributed by atoms with Crippen molar-refractivity contribution in [3.63, 3.8) is 0 Å². The first-order valence-electron chi connectivity index (χ1n) is 9.00. The smallest absolute Gasteiger partial charge is 0.303 e. The predicted molar refractivity (Wildman–Crippen MR) is 110 cm³/mol. The second-order valence-corrected chi connectivity index (χ2v) is 5.84. The van der Waals surface area contributed by atoms with Crippen LogP contribution >= 0.6 is 11.6 Å². The van der Waals surface area contributed by atoms with Crippen LogP contribution in [0.2, 0.25) is 5.02 Å². The quantitative estimate of drug-likeness (QED) is 0.486. The van der Waals surface area contributed by atoms with E-state index >= 15 is 0 Å². The number of ether oxygens (including phenoxy) is 2. The van der Waals surface area contributed by atoms with Gasteiger partial charge in [0.15, 0.2) is 11.5 Å². The van der Waals surface area contributed by atoms with Crippen LogP contribution in [0.25, 0.3) is 10.8 Å². The number of halogens is 1. The van der Waals surface area contributed by atoms with E-state index in [1.165, 1.54) is 0 Å². The van der Waals surface area contributed by atoms with Gasteiger partial charge in [-0.25, -0.2) is 0 Å². The lowest BCUT2D eigenvalue weighted by atomic mass is 10.1. The van der Waals surface area contributed by atoms with Crippen LogP contribution < -0.4 is 9.47 Å². The van der Waals surface area contributed by atoms with E-state index in [9.17, 15) is 19.8 Å². The average molecular weight is 431 g/mol. The van der Waals surface area contributed by atoms with Gasteiger partial charge in [-0.3, -0.25) is 9.59 Å². The van der Waals surface area contributed by atoms with E-state index in [-0.39, 0.29) is 35.8 Å². The van der Waals surface area contributed by atoms with Gasteiger partial charge in [0.2, 0.25) is 11.5 Å². The number of phenolic OH excluding ortho intramolecular Hbond substituents is 2. The van der Waals surface area contributed by atoms with Crippen molar-refractivity contribution in [2.45, 2.75) is 40.5 Å². The zero-order chi connectivity index (χ0) is 22.6. The number of phenols is 2. The molecular weight excluding hydrogens is 404 g/mol. The second-order valence-electron chi connectivity index (χ2n) is 5.41. The van der Waals surface area contributed by atoms with Crippen molar-refractivity contribution >= 4 is 34.3 Å². The first kappa shape index (κ1) is 26.1. The van der Waals surface area contributed by atoms with Crippen molar-refractivity contribution in [2.75, 3.05) is 13.2 Å². The Bertz CT molecular complexity index is 806. The zero-order valence-electron chi connectivity index (χ0n) is 16.9. The number of rotatable bonds is 6. The third kappa shape index (κ3) is 8.35. The first-order chi connectivity index (χ1) is 13.6. The highest BCUT2D eigenvalue weighted by Crippen LogP contribution is 2.50. The minimum atomic E-state index is -0.745. The van der Waals surface area contributed by atoms with Crippen LogP contribution in [0.1, 0.15) is 40.5 Å². The molecule has 0 unspecified atom stereocenters. The van der Waals surface area contributed by atoms with Crippen molar-refractivity contribution in [2.24, 2.45) is 0 Å². The Labute approximate surface area is 174 Å². The summed E-state index contributed by atoms with van der Waals surface area (Å²) in [6.45, 7) is 7.47. The van der Waals surface area contributed by atoms with Crippen LogP contribution in [0.5, 0.6) is 23.0 Å². The summed E-state index contributed by atoms with van der Waals surface area (Å²) in [4.78, 5) is 18.7. The lowest BCUT2D eigenvalue weighted by molar-refractivity contribution is -0.137. The number of aromatic hydroxyl groups is 2. The fraction of sp³-hybridized carbons (Fsp3) is 0.400. The number of hydrogen-bond acceptors (Lipinski definition) is 6. The number of hydrogen-bond donors (Lipinski definition) is 4. The van der Waals surface area contributed by atoms with E-state index in [1.54, 1.807) is 45.9 Å². The van der Waals surface area contributed by atoms with Gasteiger partial charge >= 0.3 is 11.9 Å². The summed E-state index contributed by atoms with van der Waals surface area (Å²) in [5.41, 5.74) is 0. The SMILES string of the molecule is CCC(=O)O.CCC(=O)O.CCOc1c(OCC)c(O)c2cc(Cl)ccc2c1O. The monoisotopic (exact) mass is 430 g/mol. The van der Waals surface area contributed by atoms with Crippen molar-refractivity contribution < 1.29 is 39.5 Å². The van der Waals surface area contributed by atoms with Crippen LogP contribution in [-0.4, -0.2) is 45.6 Å². The summed E-state index contributed by atoms with van der Waals surface area (Å²) in [5, 5.41) is 37.3. The third-order valence-electron chi connectivity index (χ3n) is 3.31. The second kappa shape index (κ2) is 13.3. The van der Waals surface area contributed by atoms with Gasteiger partial charge in [0.25, 0.3) is 0 Å². The van der Waals surface area contributed by atoms with Gasteiger partial charge in [-0.05, 0) is 32.0 Å². The van der Waals surface area contributed by atoms with Gasteiger partial charge in [-0.1, -0.05) is 25.4 Å². The van der Waals surface area contributed by atoms with Gasteiger partial charge in [-0.2, -0.15) is 0 Å². The fourth-order valence-corrected chi connectivity index (χ4v) is 2.11. The number of carbonyl (C=O) groups is 2. The van der Waals surface area contributed by atoms with Gasteiger partial charge in [0.1, 0.15) is 0 Å².